The lowest BCUT2D eigenvalue weighted by molar-refractivity contribution is -0.0300. The fourth-order valence-electron chi connectivity index (χ4n) is 1.69. The summed E-state index contributed by atoms with van der Waals surface area (Å²) >= 11 is 0. The number of H-pyrrole nitrogens is 1. The number of hydrogen-bond donors (Lipinski definition) is 3. The summed E-state index contributed by atoms with van der Waals surface area (Å²) in [5, 5.41) is 21.0. The van der Waals surface area contributed by atoms with E-state index in [0.717, 1.165) is 19.3 Å². The van der Waals surface area contributed by atoms with Crippen LogP contribution in [0.4, 0.5) is 0 Å². The molecule has 0 aromatic carbocycles. The molecule has 1 amide bonds. The molecule has 0 spiro atoms. The standard InChI is InChI=1S/C11H13N3O2/c12-6-8-2-3-9(14-8)10(15)13-7-11(16)4-1-5-11/h2-3,14,16H,1,4-5,7H2,(H,13,15). The number of aliphatic hydroxyl groups is 1. The predicted molar refractivity (Wildman–Crippen MR) is 56.6 cm³/mol. The summed E-state index contributed by atoms with van der Waals surface area (Å²) in [5.74, 6) is -0.290. The minimum atomic E-state index is -0.722. The molecule has 5 heteroatoms. The van der Waals surface area contributed by atoms with Crippen LogP contribution in [0, 0.1) is 11.3 Å². The predicted octanol–water partition coefficient (Wildman–Crippen LogP) is 0.531. The van der Waals surface area contributed by atoms with Crippen molar-refractivity contribution in [2.75, 3.05) is 6.54 Å². The highest BCUT2D eigenvalue weighted by Crippen LogP contribution is 2.30. The van der Waals surface area contributed by atoms with Crippen LogP contribution in [0.25, 0.3) is 0 Å². The van der Waals surface area contributed by atoms with Crippen LogP contribution in [-0.2, 0) is 0 Å². The Balaban J connectivity index is 1.90. The van der Waals surface area contributed by atoms with Crippen LogP contribution < -0.4 is 5.32 Å². The van der Waals surface area contributed by atoms with Crippen LogP contribution in [0.1, 0.15) is 35.4 Å². The van der Waals surface area contributed by atoms with Gasteiger partial charge in [-0.2, -0.15) is 5.26 Å². The Bertz CT molecular complexity index is 440. The van der Waals surface area contributed by atoms with Gasteiger partial charge in [0, 0.05) is 6.54 Å². The van der Waals surface area contributed by atoms with Crippen molar-refractivity contribution in [1.82, 2.24) is 10.3 Å². The molecule has 1 saturated carbocycles. The molecular weight excluding hydrogens is 206 g/mol. The molecule has 2 rings (SSSR count). The van der Waals surface area contributed by atoms with Gasteiger partial charge in [-0.25, -0.2) is 0 Å². The zero-order chi connectivity index (χ0) is 11.6. The second kappa shape index (κ2) is 3.99. The molecule has 0 unspecified atom stereocenters. The number of nitrogens with one attached hydrogen (secondary N) is 2. The second-order valence-corrected chi connectivity index (χ2v) is 4.16. The van der Waals surface area contributed by atoms with E-state index in [0.29, 0.717) is 11.4 Å². The topological polar surface area (TPSA) is 88.9 Å². The van der Waals surface area contributed by atoms with E-state index >= 15 is 0 Å². The molecule has 16 heavy (non-hydrogen) atoms. The normalized spacial score (nSPS) is 17.2. The molecule has 84 valence electrons. The molecule has 0 aliphatic heterocycles. The van der Waals surface area contributed by atoms with Gasteiger partial charge >= 0.3 is 0 Å². The van der Waals surface area contributed by atoms with Crippen LogP contribution in [0.5, 0.6) is 0 Å². The Morgan fingerprint density at radius 3 is 2.88 bits per heavy atom. The average molecular weight is 219 g/mol. The van der Waals surface area contributed by atoms with Gasteiger partial charge in [-0.05, 0) is 31.4 Å². The molecule has 0 radical (unpaired) electrons. The molecule has 1 fully saturated rings. The van der Waals surface area contributed by atoms with Crippen molar-refractivity contribution >= 4 is 5.91 Å². The summed E-state index contributed by atoms with van der Waals surface area (Å²) in [5.41, 5.74) is -0.0210. The fraction of sp³-hybridized carbons (Fsp3) is 0.455. The van der Waals surface area contributed by atoms with Gasteiger partial charge < -0.3 is 15.4 Å². The van der Waals surface area contributed by atoms with E-state index < -0.39 is 5.60 Å². The van der Waals surface area contributed by atoms with Crippen LogP contribution in [0.3, 0.4) is 0 Å². The highest BCUT2D eigenvalue weighted by Gasteiger charge is 2.34. The summed E-state index contributed by atoms with van der Waals surface area (Å²) in [4.78, 5) is 14.3. The third-order valence-electron chi connectivity index (χ3n) is 2.91. The van der Waals surface area contributed by atoms with Crippen molar-refractivity contribution in [3.8, 4) is 6.07 Å². The smallest absolute Gasteiger partial charge is 0.267 e. The maximum absolute atomic E-state index is 11.6. The van der Waals surface area contributed by atoms with Crippen LogP contribution in [0.2, 0.25) is 0 Å². The van der Waals surface area contributed by atoms with Gasteiger partial charge in [-0.15, -0.1) is 0 Å². The molecule has 0 atom stereocenters. The Labute approximate surface area is 93.1 Å². The summed E-state index contributed by atoms with van der Waals surface area (Å²) in [7, 11) is 0. The van der Waals surface area contributed by atoms with Gasteiger partial charge in [0.15, 0.2) is 0 Å². The van der Waals surface area contributed by atoms with E-state index in [4.69, 9.17) is 5.26 Å². The third kappa shape index (κ3) is 2.07. The molecular formula is C11H13N3O2. The lowest BCUT2D eigenvalue weighted by Crippen LogP contribution is -2.47. The lowest BCUT2D eigenvalue weighted by Gasteiger charge is -2.36. The van der Waals surface area contributed by atoms with Gasteiger partial charge in [-0.3, -0.25) is 4.79 Å². The highest BCUT2D eigenvalue weighted by atomic mass is 16.3. The molecule has 0 saturated heterocycles. The van der Waals surface area contributed by atoms with E-state index in [9.17, 15) is 9.90 Å². The number of hydrogen-bond acceptors (Lipinski definition) is 3. The maximum atomic E-state index is 11.6. The van der Waals surface area contributed by atoms with Crippen molar-refractivity contribution in [3.05, 3.63) is 23.5 Å². The van der Waals surface area contributed by atoms with Crippen LogP contribution in [-0.4, -0.2) is 28.1 Å². The van der Waals surface area contributed by atoms with Crippen molar-refractivity contribution in [1.29, 1.82) is 5.26 Å². The summed E-state index contributed by atoms with van der Waals surface area (Å²) in [6.45, 7) is 0.271. The zero-order valence-corrected chi connectivity index (χ0v) is 8.79. The van der Waals surface area contributed by atoms with E-state index in [2.05, 4.69) is 10.3 Å². The quantitative estimate of drug-likeness (QED) is 0.692. The second-order valence-electron chi connectivity index (χ2n) is 4.16. The summed E-state index contributed by atoms with van der Waals surface area (Å²) in [6, 6.07) is 5.01. The van der Waals surface area contributed by atoms with Crippen molar-refractivity contribution < 1.29 is 9.90 Å². The molecule has 5 nitrogen and oxygen atoms in total. The Kier molecular flexibility index (Phi) is 2.67. The zero-order valence-electron chi connectivity index (χ0n) is 8.79. The first-order valence-corrected chi connectivity index (χ1v) is 5.23. The number of carbonyl (C=O) groups is 1. The van der Waals surface area contributed by atoms with Crippen molar-refractivity contribution in [3.63, 3.8) is 0 Å². The largest absolute Gasteiger partial charge is 0.388 e. The van der Waals surface area contributed by atoms with Gasteiger partial charge in [-0.1, -0.05) is 0 Å². The minimum absolute atomic E-state index is 0.271. The molecule has 0 bridgehead atoms. The van der Waals surface area contributed by atoms with Gasteiger partial charge in [0.05, 0.1) is 5.60 Å². The van der Waals surface area contributed by atoms with E-state index in [1.807, 2.05) is 6.07 Å². The van der Waals surface area contributed by atoms with Gasteiger partial charge in [0.1, 0.15) is 17.5 Å². The number of nitrogens with zero attached hydrogens (tertiary/aromatic N) is 1. The molecule has 1 heterocycles. The minimum Gasteiger partial charge on any atom is -0.388 e. The summed E-state index contributed by atoms with van der Waals surface area (Å²) in [6.07, 6.45) is 2.48. The van der Waals surface area contributed by atoms with E-state index in [1.165, 1.54) is 0 Å². The van der Waals surface area contributed by atoms with Gasteiger partial charge in [0.25, 0.3) is 5.91 Å². The Hall–Kier alpha value is -1.80. The molecule has 1 aliphatic rings. The fourth-order valence-corrected chi connectivity index (χ4v) is 1.69. The highest BCUT2D eigenvalue weighted by molar-refractivity contribution is 5.92. The first-order valence-electron chi connectivity index (χ1n) is 5.23. The number of amides is 1. The van der Waals surface area contributed by atoms with Crippen LogP contribution in [0.15, 0.2) is 12.1 Å². The van der Waals surface area contributed by atoms with E-state index in [1.54, 1.807) is 12.1 Å². The van der Waals surface area contributed by atoms with Gasteiger partial charge in [0.2, 0.25) is 0 Å². The number of aromatic nitrogens is 1. The summed E-state index contributed by atoms with van der Waals surface area (Å²) < 4.78 is 0. The maximum Gasteiger partial charge on any atom is 0.267 e. The Morgan fingerprint density at radius 2 is 2.38 bits per heavy atom. The molecule has 1 aliphatic carbocycles. The number of rotatable bonds is 3. The van der Waals surface area contributed by atoms with Crippen molar-refractivity contribution in [2.45, 2.75) is 24.9 Å². The first kappa shape index (κ1) is 10.7. The lowest BCUT2D eigenvalue weighted by atomic mass is 9.80. The molecule has 1 aromatic heterocycles. The first-order chi connectivity index (χ1) is 7.63. The number of aromatic amines is 1. The SMILES string of the molecule is N#Cc1ccc(C(=O)NCC2(O)CCC2)[nH]1. The molecule has 1 aromatic rings. The van der Waals surface area contributed by atoms with Crippen molar-refractivity contribution in [2.24, 2.45) is 0 Å². The Morgan fingerprint density at radius 1 is 1.62 bits per heavy atom. The third-order valence-corrected chi connectivity index (χ3v) is 2.91. The number of nitriles is 1. The molecule has 3 N–H and O–H groups in total. The monoisotopic (exact) mass is 219 g/mol. The van der Waals surface area contributed by atoms with E-state index in [-0.39, 0.29) is 12.5 Å². The van der Waals surface area contributed by atoms with Crippen LogP contribution >= 0.6 is 0 Å². The number of carbonyl (C=O) groups excluding carboxylic acids is 1. The average Bonchev–Trinajstić information content (AvgIpc) is 2.71.